The summed E-state index contributed by atoms with van der Waals surface area (Å²) in [5.41, 5.74) is 0. The topological polar surface area (TPSA) is 80.9 Å². The largest absolute Gasteiger partial charge is 0.391 e. The van der Waals surface area contributed by atoms with Gasteiger partial charge in [-0.2, -0.15) is 58.8 Å². The minimum absolute atomic E-state index is 0.225. The van der Waals surface area contributed by atoms with Gasteiger partial charge in [0.05, 0.1) is 24.4 Å². The van der Waals surface area contributed by atoms with Crippen molar-refractivity contribution in [2.75, 3.05) is 69.5 Å². The van der Waals surface area contributed by atoms with Crippen molar-refractivity contribution in [2.45, 2.75) is 34.9 Å². The van der Waals surface area contributed by atoms with E-state index in [0.29, 0.717) is 33.5 Å². The van der Waals surface area contributed by atoms with Gasteiger partial charge in [0.2, 0.25) is 0 Å². The maximum Gasteiger partial charge on any atom is 0.0765 e. The molecule has 188 valence electrons. The summed E-state index contributed by atoms with van der Waals surface area (Å²) < 4.78 is 0. The summed E-state index contributed by atoms with van der Waals surface area (Å²) in [5, 5.41) is 39.6. The van der Waals surface area contributed by atoms with E-state index >= 15 is 0 Å². The molecule has 0 bridgehead atoms. The Morgan fingerprint density at radius 1 is 0.419 bits per heavy atom. The molecule has 13 heteroatoms. The Kier molecular flexibility index (Phi) is 25.2. The second-order valence-electron chi connectivity index (χ2n) is 6.76. The quantitative estimate of drug-likeness (QED) is 0.136. The average Bonchev–Trinajstić information content (AvgIpc) is 2.77. The Labute approximate surface area is 228 Å². The molecule has 4 nitrogen and oxygen atoms in total. The van der Waals surface area contributed by atoms with Crippen molar-refractivity contribution < 1.29 is 20.4 Å². The monoisotopic (exact) mass is 614 g/mol. The van der Waals surface area contributed by atoms with Crippen LogP contribution in [0.1, 0.15) is 0 Å². The van der Waals surface area contributed by atoms with Gasteiger partial charge in [-0.1, -0.05) is 0 Å². The second kappa shape index (κ2) is 23.2. The van der Waals surface area contributed by atoms with Gasteiger partial charge in [0.25, 0.3) is 0 Å². The molecule has 0 aromatic carbocycles. The van der Waals surface area contributed by atoms with Crippen LogP contribution in [0.2, 0.25) is 0 Å². The molecule has 4 unspecified atom stereocenters. The summed E-state index contributed by atoms with van der Waals surface area (Å²) in [6, 6.07) is 0. The molecule has 0 heterocycles. The van der Waals surface area contributed by atoms with Gasteiger partial charge < -0.3 is 20.4 Å². The van der Waals surface area contributed by atoms with Crippen LogP contribution >= 0.6 is 105 Å². The number of hydrogen-bond donors (Lipinski definition) is 4. The first-order valence-electron chi connectivity index (χ1n) is 9.78. The van der Waals surface area contributed by atoms with Crippen LogP contribution in [-0.4, -0.2) is 125 Å². The van der Waals surface area contributed by atoms with E-state index in [-0.39, 0.29) is 23.5 Å². The van der Waals surface area contributed by atoms with Gasteiger partial charge in [0, 0.05) is 80.0 Å². The number of aliphatic hydroxyl groups excluding tert-OH is 4. The van der Waals surface area contributed by atoms with Crippen LogP contribution in [0, 0.1) is 0 Å². The standard InChI is InChI=1S/C18H34Cl4O4S5/c19-1-13(23)5-27-9-17(10-28-6-14(24)2-20)31-18(11-29-7-15(25)3-21)12-30-8-16(26)4-22/h13-18,23-26H,1-12H2. The van der Waals surface area contributed by atoms with E-state index in [0.717, 1.165) is 23.0 Å². The van der Waals surface area contributed by atoms with Gasteiger partial charge in [-0.05, 0) is 0 Å². The molecule has 0 aliphatic heterocycles. The van der Waals surface area contributed by atoms with Crippen molar-refractivity contribution in [3.8, 4) is 0 Å². The molecule has 0 fully saturated rings. The molecule has 4 N–H and O–H groups in total. The summed E-state index contributed by atoms with van der Waals surface area (Å²) in [6.07, 6.45) is -2.06. The summed E-state index contributed by atoms with van der Waals surface area (Å²) in [7, 11) is 0. The third-order valence-corrected chi connectivity index (χ3v) is 12.3. The van der Waals surface area contributed by atoms with Crippen molar-refractivity contribution in [3.05, 3.63) is 0 Å². The SMILES string of the molecule is OC(CCl)CSCC(CSCC(O)CCl)SC(CSCC(O)CCl)CSCC(O)CCl. The van der Waals surface area contributed by atoms with Gasteiger partial charge in [0.1, 0.15) is 0 Å². The van der Waals surface area contributed by atoms with Crippen LogP contribution in [0.3, 0.4) is 0 Å². The van der Waals surface area contributed by atoms with E-state index in [4.69, 9.17) is 46.4 Å². The molecule has 4 atom stereocenters. The van der Waals surface area contributed by atoms with Crippen LogP contribution < -0.4 is 0 Å². The smallest absolute Gasteiger partial charge is 0.0765 e. The van der Waals surface area contributed by atoms with Crippen molar-refractivity contribution in [1.29, 1.82) is 0 Å². The predicted molar refractivity (Wildman–Crippen MR) is 151 cm³/mol. The van der Waals surface area contributed by atoms with E-state index in [1.165, 1.54) is 0 Å². The van der Waals surface area contributed by atoms with E-state index in [1.54, 1.807) is 47.0 Å². The molecule has 0 aromatic rings. The Morgan fingerprint density at radius 3 is 0.839 bits per heavy atom. The van der Waals surface area contributed by atoms with Crippen molar-refractivity contribution in [1.82, 2.24) is 0 Å². The van der Waals surface area contributed by atoms with E-state index < -0.39 is 24.4 Å². The molecule has 0 saturated carbocycles. The molecular formula is C18H34Cl4O4S5. The van der Waals surface area contributed by atoms with E-state index in [9.17, 15) is 20.4 Å². The predicted octanol–water partition coefficient (Wildman–Crippen LogP) is 3.79. The summed E-state index contributed by atoms with van der Waals surface area (Å²) >= 11 is 31.4. The minimum Gasteiger partial charge on any atom is -0.391 e. The first kappa shape index (κ1) is 33.8. The average molecular weight is 617 g/mol. The highest BCUT2D eigenvalue weighted by Gasteiger charge is 2.20. The molecule has 0 amide bonds. The van der Waals surface area contributed by atoms with Crippen molar-refractivity contribution in [2.24, 2.45) is 0 Å². The molecule has 31 heavy (non-hydrogen) atoms. The highest BCUT2D eigenvalue weighted by Crippen LogP contribution is 2.30. The number of thioether (sulfide) groups is 5. The molecule has 0 spiro atoms. The Hall–Kier alpha value is 2.75. The van der Waals surface area contributed by atoms with E-state index in [1.807, 2.05) is 11.8 Å². The van der Waals surface area contributed by atoms with Gasteiger partial charge in [-0.3, -0.25) is 0 Å². The van der Waals surface area contributed by atoms with Crippen LogP contribution in [0.5, 0.6) is 0 Å². The lowest BCUT2D eigenvalue weighted by Gasteiger charge is -2.24. The molecule has 0 aliphatic rings. The summed E-state index contributed by atoms with van der Waals surface area (Å²) in [5.74, 6) is 6.72. The Bertz CT molecular complexity index is 344. The van der Waals surface area contributed by atoms with E-state index in [2.05, 4.69) is 0 Å². The normalized spacial score (nSPS) is 17.8. The highest BCUT2D eigenvalue weighted by molar-refractivity contribution is 8.07. The summed E-state index contributed by atoms with van der Waals surface area (Å²) in [6.45, 7) is 0. The number of rotatable bonds is 22. The van der Waals surface area contributed by atoms with Gasteiger partial charge in [0.15, 0.2) is 0 Å². The van der Waals surface area contributed by atoms with Gasteiger partial charge >= 0.3 is 0 Å². The number of halogens is 4. The van der Waals surface area contributed by atoms with Crippen molar-refractivity contribution in [3.63, 3.8) is 0 Å². The molecular weight excluding hydrogens is 582 g/mol. The molecule has 0 rings (SSSR count). The van der Waals surface area contributed by atoms with Crippen molar-refractivity contribution >= 4 is 105 Å². The fourth-order valence-electron chi connectivity index (χ4n) is 2.05. The third kappa shape index (κ3) is 20.6. The first-order valence-corrected chi connectivity index (χ1v) is 17.5. The third-order valence-electron chi connectivity index (χ3n) is 3.55. The number of aliphatic hydroxyl groups is 4. The lowest BCUT2D eigenvalue weighted by molar-refractivity contribution is 0.223. The van der Waals surface area contributed by atoms with Gasteiger partial charge in [-0.15, -0.1) is 46.4 Å². The van der Waals surface area contributed by atoms with Crippen LogP contribution in [0.4, 0.5) is 0 Å². The maximum absolute atomic E-state index is 9.73. The zero-order valence-electron chi connectivity index (χ0n) is 17.3. The fourth-order valence-corrected chi connectivity index (χ4v) is 9.88. The summed E-state index contributed by atoms with van der Waals surface area (Å²) in [4.78, 5) is 0. The Balaban J connectivity index is 4.80. The molecule has 0 saturated heterocycles. The number of alkyl halides is 4. The molecule has 0 aliphatic carbocycles. The Morgan fingerprint density at radius 2 is 0.645 bits per heavy atom. The highest BCUT2D eigenvalue weighted by atomic mass is 35.5. The zero-order valence-corrected chi connectivity index (χ0v) is 24.4. The van der Waals surface area contributed by atoms with Crippen LogP contribution in [0.25, 0.3) is 0 Å². The lowest BCUT2D eigenvalue weighted by atomic mass is 10.5. The second-order valence-corrected chi connectivity index (χ2v) is 13.9. The molecule has 0 radical (unpaired) electrons. The van der Waals surface area contributed by atoms with Crippen LogP contribution in [-0.2, 0) is 0 Å². The first-order chi connectivity index (χ1) is 14.9. The van der Waals surface area contributed by atoms with Crippen LogP contribution in [0.15, 0.2) is 0 Å². The van der Waals surface area contributed by atoms with Gasteiger partial charge in [-0.25, -0.2) is 0 Å². The number of hydrogen-bond acceptors (Lipinski definition) is 9. The molecule has 0 aromatic heterocycles. The fraction of sp³-hybridized carbons (Fsp3) is 1.00. The minimum atomic E-state index is -0.515. The maximum atomic E-state index is 9.73. The lowest BCUT2D eigenvalue weighted by Crippen LogP contribution is -2.24. The zero-order chi connectivity index (χ0) is 23.5.